The molecule has 1 aliphatic carbocycles. The fourth-order valence-corrected chi connectivity index (χ4v) is 3.74. The molecule has 3 unspecified atom stereocenters. The van der Waals surface area contributed by atoms with Crippen LogP contribution in [-0.2, 0) is 11.2 Å². The van der Waals surface area contributed by atoms with Gasteiger partial charge in [0.15, 0.2) is 0 Å². The van der Waals surface area contributed by atoms with Crippen LogP contribution in [0.4, 0.5) is 0 Å². The first-order valence-corrected chi connectivity index (χ1v) is 8.13. The molecule has 3 atom stereocenters. The van der Waals surface area contributed by atoms with Gasteiger partial charge in [0.05, 0.1) is 12.7 Å². The lowest BCUT2D eigenvalue weighted by molar-refractivity contribution is 0.0600. The van der Waals surface area contributed by atoms with Crippen molar-refractivity contribution in [3.63, 3.8) is 0 Å². The molecule has 0 amide bonds. The molecular formula is C20H23NO2. The minimum atomic E-state index is -0.279. The molecule has 2 aromatic carbocycles. The van der Waals surface area contributed by atoms with Crippen LogP contribution >= 0.6 is 0 Å². The van der Waals surface area contributed by atoms with E-state index in [0.29, 0.717) is 11.5 Å². The molecule has 0 fully saturated rings. The molecule has 0 bridgehead atoms. The van der Waals surface area contributed by atoms with E-state index >= 15 is 0 Å². The zero-order valence-electron chi connectivity index (χ0n) is 13.7. The third-order valence-electron chi connectivity index (χ3n) is 4.91. The van der Waals surface area contributed by atoms with Gasteiger partial charge in [-0.05, 0) is 54.5 Å². The summed E-state index contributed by atoms with van der Waals surface area (Å²) in [5.74, 6) is 0.416. The Morgan fingerprint density at radius 3 is 2.61 bits per heavy atom. The van der Waals surface area contributed by atoms with Crippen LogP contribution < -0.4 is 5.73 Å². The summed E-state index contributed by atoms with van der Waals surface area (Å²) in [7, 11) is 1.42. The Kier molecular flexibility index (Phi) is 4.49. The Hall–Kier alpha value is -2.13. The number of esters is 1. The van der Waals surface area contributed by atoms with Gasteiger partial charge < -0.3 is 10.5 Å². The van der Waals surface area contributed by atoms with Crippen molar-refractivity contribution >= 4 is 5.97 Å². The Morgan fingerprint density at radius 2 is 1.96 bits per heavy atom. The number of fused-ring (bicyclic) bond motifs is 1. The number of carbonyl (C=O) groups is 1. The van der Waals surface area contributed by atoms with Crippen LogP contribution in [-0.4, -0.2) is 19.1 Å². The highest BCUT2D eigenvalue weighted by Gasteiger charge is 2.33. The molecule has 3 rings (SSSR count). The molecule has 2 N–H and O–H groups in total. The first kappa shape index (κ1) is 15.8. The lowest BCUT2D eigenvalue weighted by atomic mass is 9.69. The van der Waals surface area contributed by atoms with Crippen molar-refractivity contribution in [2.24, 2.45) is 11.7 Å². The zero-order chi connectivity index (χ0) is 16.4. The predicted octanol–water partition coefficient (Wildman–Crippen LogP) is 3.51. The highest BCUT2D eigenvalue weighted by molar-refractivity contribution is 5.89. The molecule has 23 heavy (non-hydrogen) atoms. The summed E-state index contributed by atoms with van der Waals surface area (Å²) in [5.41, 5.74) is 10.7. The minimum Gasteiger partial charge on any atom is -0.465 e. The number of hydrogen-bond donors (Lipinski definition) is 1. The summed E-state index contributed by atoms with van der Waals surface area (Å²) in [6.45, 7) is 2.09. The number of carbonyl (C=O) groups excluding carboxylic acids is 1. The topological polar surface area (TPSA) is 52.3 Å². The van der Waals surface area contributed by atoms with Crippen LogP contribution in [0.15, 0.2) is 48.5 Å². The van der Waals surface area contributed by atoms with Crippen LogP contribution in [0.3, 0.4) is 0 Å². The highest BCUT2D eigenvalue weighted by atomic mass is 16.5. The summed E-state index contributed by atoms with van der Waals surface area (Å²) in [6.07, 6.45) is 1.99. The first-order valence-electron chi connectivity index (χ1n) is 8.13. The van der Waals surface area contributed by atoms with Crippen LogP contribution in [0.25, 0.3) is 0 Å². The Balaban J connectivity index is 2.07. The fourth-order valence-electron chi connectivity index (χ4n) is 3.74. The van der Waals surface area contributed by atoms with E-state index in [1.165, 1.54) is 23.8 Å². The van der Waals surface area contributed by atoms with Gasteiger partial charge in [-0.15, -0.1) is 0 Å². The van der Waals surface area contributed by atoms with Crippen LogP contribution in [0, 0.1) is 5.92 Å². The van der Waals surface area contributed by atoms with E-state index < -0.39 is 0 Å². The SMILES string of the molecule is COC(=O)c1ccc2c(c1)CCC(C(C)N)C2c1ccccc1. The molecule has 1 aliphatic rings. The molecular weight excluding hydrogens is 286 g/mol. The normalized spacial score (nSPS) is 21.3. The zero-order valence-corrected chi connectivity index (χ0v) is 13.7. The van der Waals surface area contributed by atoms with Crippen LogP contribution in [0.1, 0.15) is 46.3 Å². The van der Waals surface area contributed by atoms with Gasteiger partial charge >= 0.3 is 5.97 Å². The van der Waals surface area contributed by atoms with Crippen molar-refractivity contribution in [3.05, 3.63) is 70.8 Å². The van der Waals surface area contributed by atoms with Gasteiger partial charge in [-0.25, -0.2) is 4.79 Å². The molecule has 0 aromatic heterocycles. The molecule has 0 radical (unpaired) electrons. The lowest BCUT2D eigenvalue weighted by Crippen LogP contribution is -2.35. The van der Waals surface area contributed by atoms with Gasteiger partial charge in [-0.1, -0.05) is 36.4 Å². The Morgan fingerprint density at radius 1 is 1.22 bits per heavy atom. The Bertz CT molecular complexity index is 694. The predicted molar refractivity (Wildman–Crippen MR) is 91.5 cm³/mol. The second-order valence-corrected chi connectivity index (χ2v) is 6.36. The number of hydrogen-bond acceptors (Lipinski definition) is 3. The number of rotatable bonds is 3. The number of aryl methyl sites for hydroxylation is 1. The lowest BCUT2D eigenvalue weighted by Gasteiger charge is -2.36. The molecule has 0 saturated heterocycles. The maximum atomic E-state index is 11.8. The van der Waals surface area contributed by atoms with Gasteiger partial charge in [0.25, 0.3) is 0 Å². The molecule has 3 nitrogen and oxygen atoms in total. The molecule has 0 aliphatic heterocycles. The van der Waals surface area contributed by atoms with Gasteiger partial charge in [0.2, 0.25) is 0 Å². The number of ether oxygens (including phenoxy) is 1. The quantitative estimate of drug-likeness (QED) is 0.883. The average molecular weight is 309 g/mol. The molecule has 3 heteroatoms. The van der Waals surface area contributed by atoms with Crippen LogP contribution in [0.2, 0.25) is 0 Å². The molecule has 0 heterocycles. The first-order chi connectivity index (χ1) is 11.1. The van der Waals surface area contributed by atoms with Gasteiger partial charge in [0, 0.05) is 12.0 Å². The molecule has 0 spiro atoms. The molecule has 2 aromatic rings. The maximum Gasteiger partial charge on any atom is 0.337 e. The van der Waals surface area contributed by atoms with Crippen molar-refractivity contribution in [1.29, 1.82) is 0 Å². The van der Waals surface area contributed by atoms with E-state index in [0.717, 1.165) is 12.8 Å². The van der Waals surface area contributed by atoms with Gasteiger partial charge in [-0.3, -0.25) is 0 Å². The minimum absolute atomic E-state index is 0.133. The van der Waals surface area contributed by atoms with E-state index in [1.54, 1.807) is 0 Å². The second kappa shape index (κ2) is 6.55. The summed E-state index contributed by atoms with van der Waals surface area (Å²) in [4.78, 5) is 11.8. The van der Waals surface area contributed by atoms with E-state index in [1.807, 2.05) is 18.2 Å². The average Bonchev–Trinajstić information content (AvgIpc) is 2.60. The highest BCUT2D eigenvalue weighted by Crippen LogP contribution is 2.42. The van der Waals surface area contributed by atoms with Crippen molar-refractivity contribution < 1.29 is 9.53 Å². The third-order valence-corrected chi connectivity index (χ3v) is 4.91. The standard InChI is InChI=1S/C20H23NO2/c1-13(21)17-10-8-15-12-16(20(22)23-2)9-11-18(15)19(17)14-6-4-3-5-7-14/h3-7,9,11-13,17,19H,8,10,21H2,1-2H3. The number of nitrogens with two attached hydrogens (primary N) is 1. The smallest absolute Gasteiger partial charge is 0.337 e. The van der Waals surface area contributed by atoms with E-state index in [9.17, 15) is 4.79 Å². The van der Waals surface area contributed by atoms with E-state index in [2.05, 4.69) is 37.3 Å². The van der Waals surface area contributed by atoms with Crippen LogP contribution in [0.5, 0.6) is 0 Å². The summed E-state index contributed by atoms with van der Waals surface area (Å²) in [5, 5.41) is 0. The second-order valence-electron chi connectivity index (χ2n) is 6.36. The van der Waals surface area contributed by atoms with Gasteiger partial charge in [0.1, 0.15) is 0 Å². The largest absolute Gasteiger partial charge is 0.465 e. The van der Waals surface area contributed by atoms with E-state index in [4.69, 9.17) is 10.5 Å². The fraction of sp³-hybridized carbons (Fsp3) is 0.350. The van der Waals surface area contributed by atoms with Crippen molar-refractivity contribution in [3.8, 4) is 0 Å². The van der Waals surface area contributed by atoms with Gasteiger partial charge in [-0.2, -0.15) is 0 Å². The Labute approximate surface area is 137 Å². The number of benzene rings is 2. The summed E-state index contributed by atoms with van der Waals surface area (Å²) >= 11 is 0. The third kappa shape index (κ3) is 3.02. The van der Waals surface area contributed by atoms with E-state index in [-0.39, 0.29) is 17.9 Å². The summed E-state index contributed by atoms with van der Waals surface area (Å²) < 4.78 is 4.84. The number of methoxy groups -OCH3 is 1. The summed E-state index contributed by atoms with van der Waals surface area (Å²) in [6, 6.07) is 16.6. The van der Waals surface area contributed by atoms with Crippen molar-refractivity contribution in [2.75, 3.05) is 7.11 Å². The monoisotopic (exact) mass is 309 g/mol. The molecule has 120 valence electrons. The maximum absolute atomic E-state index is 11.8. The van der Waals surface area contributed by atoms with Crippen molar-refractivity contribution in [1.82, 2.24) is 0 Å². The molecule has 0 saturated carbocycles. The van der Waals surface area contributed by atoms with Crippen molar-refractivity contribution in [2.45, 2.75) is 31.7 Å².